The fourth-order valence-corrected chi connectivity index (χ4v) is 2.49. The highest BCUT2D eigenvalue weighted by molar-refractivity contribution is 5.27. The lowest BCUT2D eigenvalue weighted by molar-refractivity contribution is 0.0707. The van der Waals surface area contributed by atoms with Gasteiger partial charge in [0.05, 0.1) is 6.61 Å². The second-order valence-corrected chi connectivity index (χ2v) is 6.57. The van der Waals surface area contributed by atoms with Gasteiger partial charge in [0, 0.05) is 12.6 Å². The molecule has 19 heavy (non-hydrogen) atoms. The molecule has 0 aromatic heterocycles. The molecule has 0 unspecified atom stereocenters. The van der Waals surface area contributed by atoms with E-state index in [1.54, 1.807) is 0 Å². The van der Waals surface area contributed by atoms with Crippen molar-refractivity contribution in [1.29, 1.82) is 0 Å². The van der Waals surface area contributed by atoms with Gasteiger partial charge < -0.3 is 10.1 Å². The molecular formula is C17H27NO. The Balaban J connectivity index is 1.76. The molecule has 0 aliphatic carbocycles. The Kier molecular flexibility index (Phi) is 5.00. The van der Waals surface area contributed by atoms with Crippen LogP contribution in [0.25, 0.3) is 0 Å². The highest BCUT2D eigenvalue weighted by atomic mass is 16.5. The van der Waals surface area contributed by atoms with Crippen LogP contribution < -0.4 is 5.32 Å². The zero-order valence-corrected chi connectivity index (χ0v) is 12.5. The third kappa shape index (κ3) is 4.63. The van der Waals surface area contributed by atoms with Gasteiger partial charge in [-0.1, -0.05) is 45.0 Å². The Labute approximate surface area is 117 Å². The molecule has 0 spiro atoms. The van der Waals surface area contributed by atoms with Crippen LogP contribution in [0.3, 0.4) is 0 Å². The highest BCUT2D eigenvalue weighted by Crippen LogP contribution is 2.22. The zero-order chi connectivity index (χ0) is 13.7. The minimum atomic E-state index is 0.246. The maximum atomic E-state index is 5.48. The third-order valence-corrected chi connectivity index (χ3v) is 3.83. The second-order valence-electron chi connectivity index (χ2n) is 6.57. The van der Waals surface area contributed by atoms with Crippen molar-refractivity contribution in [3.05, 3.63) is 35.4 Å². The molecule has 1 aliphatic heterocycles. The van der Waals surface area contributed by atoms with Gasteiger partial charge in [0.25, 0.3) is 0 Å². The predicted molar refractivity (Wildman–Crippen MR) is 80.7 cm³/mol. The summed E-state index contributed by atoms with van der Waals surface area (Å²) in [5.74, 6) is 0. The first-order valence-electron chi connectivity index (χ1n) is 7.46. The molecule has 2 rings (SSSR count). The van der Waals surface area contributed by atoms with Gasteiger partial charge in [0.2, 0.25) is 0 Å². The Morgan fingerprint density at radius 3 is 2.53 bits per heavy atom. The first-order valence-corrected chi connectivity index (χ1v) is 7.46. The van der Waals surface area contributed by atoms with Gasteiger partial charge >= 0.3 is 0 Å². The second kappa shape index (κ2) is 6.53. The summed E-state index contributed by atoms with van der Waals surface area (Å²) < 4.78 is 5.48. The molecule has 1 heterocycles. The van der Waals surface area contributed by atoms with E-state index in [1.165, 1.54) is 24.0 Å². The summed E-state index contributed by atoms with van der Waals surface area (Å²) >= 11 is 0. The molecule has 1 saturated heterocycles. The van der Waals surface area contributed by atoms with Crippen molar-refractivity contribution in [3.63, 3.8) is 0 Å². The first-order chi connectivity index (χ1) is 9.05. The van der Waals surface area contributed by atoms with Gasteiger partial charge in [0.1, 0.15) is 0 Å². The Bertz CT molecular complexity index is 371. The van der Waals surface area contributed by atoms with E-state index in [1.807, 2.05) is 0 Å². The van der Waals surface area contributed by atoms with Crippen LogP contribution in [0.2, 0.25) is 0 Å². The smallest absolute Gasteiger partial charge is 0.0619 e. The standard InChI is InChI=1S/C17H27NO/c1-17(2,3)15-8-6-14(7-9-15)10-11-18-16-5-4-12-19-13-16/h6-9,16,18H,4-5,10-13H2,1-3H3/t16-/m1/s1. The lowest BCUT2D eigenvalue weighted by atomic mass is 9.86. The largest absolute Gasteiger partial charge is 0.380 e. The predicted octanol–water partition coefficient (Wildman–Crippen LogP) is 3.30. The van der Waals surface area contributed by atoms with Crippen LogP contribution in [-0.4, -0.2) is 25.8 Å². The fourth-order valence-electron chi connectivity index (χ4n) is 2.49. The number of rotatable bonds is 4. The topological polar surface area (TPSA) is 21.3 Å². The quantitative estimate of drug-likeness (QED) is 0.898. The lowest BCUT2D eigenvalue weighted by Gasteiger charge is -2.23. The van der Waals surface area contributed by atoms with Crippen LogP contribution in [0.5, 0.6) is 0 Å². The molecule has 1 aromatic carbocycles. The Morgan fingerprint density at radius 1 is 1.21 bits per heavy atom. The van der Waals surface area contributed by atoms with E-state index in [-0.39, 0.29) is 5.41 Å². The van der Waals surface area contributed by atoms with E-state index in [2.05, 4.69) is 50.4 Å². The van der Waals surface area contributed by atoms with Gasteiger partial charge in [-0.3, -0.25) is 0 Å². The molecule has 0 bridgehead atoms. The SMILES string of the molecule is CC(C)(C)c1ccc(CCN[C@@H]2CCCOC2)cc1. The summed E-state index contributed by atoms with van der Waals surface area (Å²) in [7, 11) is 0. The van der Waals surface area contributed by atoms with Crippen LogP contribution in [-0.2, 0) is 16.6 Å². The van der Waals surface area contributed by atoms with Crippen LogP contribution >= 0.6 is 0 Å². The summed E-state index contributed by atoms with van der Waals surface area (Å²) in [6.07, 6.45) is 3.54. The normalized spacial score (nSPS) is 20.5. The lowest BCUT2D eigenvalue weighted by Crippen LogP contribution is -2.37. The number of hydrogen-bond donors (Lipinski definition) is 1. The number of nitrogens with one attached hydrogen (secondary N) is 1. The molecule has 0 saturated carbocycles. The van der Waals surface area contributed by atoms with Gasteiger partial charge in [0.15, 0.2) is 0 Å². The monoisotopic (exact) mass is 261 g/mol. The molecule has 2 nitrogen and oxygen atoms in total. The van der Waals surface area contributed by atoms with E-state index < -0.39 is 0 Å². The first kappa shape index (κ1) is 14.5. The molecule has 1 aromatic rings. The molecule has 1 fully saturated rings. The number of ether oxygens (including phenoxy) is 1. The summed E-state index contributed by atoms with van der Waals surface area (Å²) in [5, 5.41) is 3.59. The summed E-state index contributed by atoms with van der Waals surface area (Å²) in [6, 6.07) is 9.61. The van der Waals surface area contributed by atoms with E-state index in [4.69, 9.17) is 4.74 Å². The molecular weight excluding hydrogens is 234 g/mol. The van der Waals surface area contributed by atoms with Gasteiger partial charge in [-0.2, -0.15) is 0 Å². The van der Waals surface area contributed by atoms with Crippen molar-refractivity contribution in [2.24, 2.45) is 0 Å². The molecule has 1 atom stereocenters. The molecule has 2 heteroatoms. The minimum absolute atomic E-state index is 0.246. The molecule has 1 N–H and O–H groups in total. The van der Waals surface area contributed by atoms with Crippen molar-refractivity contribution >= 4 is 0 Å². The van der Waals surface area contributed by atoms with Gasteiger partial charge in [-0.05, 0) is 42.3 Å². The fraction of sp³-hybridized carbons (Fsp3) is 0.647. The molecule has 1 aliphatic rings. The highest BCUT2D eigenvalue weighted by Gasteiger charge is 2.14. The van der Waals surface area contributed by atoms with Crippen molar-refractivity contribution < 1.29 is 4.74 Å². The van der Waals surface area contributed by atoms with Crippen molar-refractivity contribution in [2.45, 2.75) is 51.5 Å². The molecule has 0 amide bonds. The van der Waals surface area contributed by atoms with E-state index in [0.29, 0.717) is 6.04 Å². The third-order valence-electron chi connectivity index (χ3n) is 3.83. The maximum absolute atomic E-state index is 5.48. The zero-order valence-electron chi connectivity index (χ0n) is 12.5. The Hall–Kier alpha value is -0.860. The maximum Gasteiger partial charge on any atom is 0.0619 e. The molecule has 0 radical (unpaired) electrons. The molecule has 106 valence electrons. The van der Waals surface area contributed by atoms with Crippen LogP contribution in [0.1, 0.15) is 44.7 Å². The van der Waals surface area contributed by atoms with Crippen molar-refractivity contribution in [3.8, 4) is 0 Å². The van der Waals surface area contributed by atoms with Gasteiger partial charge in [-0.15, -0.1) is 0 Å². The van der Waals surface area contributed by atoms with Gasteiger partial charge in [-0.25, -0.2) is 0 Å². The van der Waals surface area contributed by atoms with Crippen molar-refractivity contribution in [1.82, 2.24) is 5.32 Å². The van der Waals surface area contributed by atoms with E-state index in [0.717, 1.165) is 26.2 Å². The average Bonchev–Trinajstić information content (AvgIpc) is 2.39. The van der Waals surface area contributed by atoms with Crippen molar-refractivity contribution in [2.75, 3.05) is 19.8 Å². The number of hydrogen-bond acceptors (Lipinski definition) is 2. The summed E-state index contributed by atoms with van der Waals surface area (Å²) in [4.78, 5) is 0. The minimum Gasteiger partial charge on any atom is -0.380 e. The van der Waals surface area contributed by atoms with Crippen LogP contribution in [0, 0.1) is 0 Å². The van der Waals surface area contributed by atoms with Crippen LogP contribution in [0.4, 0.5) is 0 Å². The summed E-state index contributed by atoms with van der Waals surface area (Å²) in [5.41, 5.74) is 3.07. The van der Waals surface area contributed by atoms with Crippen LogP contribution in [0.15, 0.2) is 24.3 Å². The Morgan fingerprint density at radius 2 is 1.95 bits per heavy atom. The average molecular weight is 261 g/mol. The van der Waals surface area contributed by atoms with E-state index >= 15 is 0 Å². The number of benzene rings is 1. The van der Waals surface area contributed by atoms with E-state index in [9.17, 15) is 0 Å². The summed E-state index contributed by atoms with van der Waals surface area (Å²) in [6.45, 7) is 9.63.